The predicted molar refractivity (Wildman–Crippen MR) is 92.5 cm³/mol. The minimum Gasteiger partial charge on any atom is -0.434 e. The van der Waals surface area contributed by atoms with E-state index in [1.54, 1.807) is 0 Å². The van der Waals surface area contributed by atoms with Gasteiger partial charge in [-0.2, -0.15) is 0 Å². The number of benzene rings is 1. The van der Waals surface area contributed by atoms with Crippen LogP contribution in [0, 0.1) is 0 Å². The molecule has 1 aromatic heterocycles. The van der Waals surface area contributed by atoms with Gasteiger partial charge in [-0.15, -0.1) is 5.10 Å². The zero-order chi connectivity index (χ0) is 17.3. The van der Waals surface area contributed by atoms with Crippen LogP contribution in [0.3, 0.4) is 0 Å². The van der Waals surface area contributed by atoms with Gasteiger partial charge in [-0.3, -0.25) is 9.59 Å². The Bertz CT molecular complexity index is 843. The first-order valence-corrected chi connectivity index (χ1v) is 8.01. The van der Waals surface area contributed by atoms with E-state index >= 15 is 0 Å². The first-order valence-electron chi connectivity index (χ1n) is 7.25. The van der Waals surface area contributed by atoms with Gasteiger partial charge in [-0.25, -0.2) is 5.10 Å². The molecule has 3 N–H and O–H groups in total. The number of amides is 1. The largest absolute Gasteiger partial charge is 0.434 e. The topological polar surface area (TPSA) is 96.1 Å². The van der Waals surface area contributed by atoms with Crippen LogP contribution in [0.5, 0.6) is 11.6 Å². The molecule has 1 amide bonds. The molecule has 2 aromatic rings. The van der Waals surface area contributed by atoms with E-state index in [1.165, 1.54) is 19.1 Å². The van der Waals surface area contributed by atoms with Gasteiger partial charge in [0.2, 0.25) is 11.8 Å². The number of carbonyl (C=O) groups is 1. The molecule has 0 fully saturated rings. The Morgan fingerprint density at radius 3 is 2.71 bits per heavy atom. The summed E-state index contributed by atoms with van der Waals surface area (Å²) in [7, 11) is 0. The Morgan fingerprint density at radius 1 is 1.33 bits per heavy atom. The number of rotatable bonds is 3. The highest BCUT2D eigenvalue weighted by atomic mass is 35.5. The van der Waals surface area contributed by atoms with Crippen LogP contribution in [0.1, 0.15) is 18.9 Å². The lowest BCUT2D eigenvalue weighted by Crippen LogP contribution is -2.23. The molecule has 0 saturated carbocycles. The molecule has 24 heavy (non-hydrogen) atoms. The molecule has 0 radical (unpaired) electrons. The highest BCUT2D eigenvalue weighted by Gasteiger charge is 2.21. The van der Waals surface area contributed by atoms with Crippen LogP contribution in [0.4, 0.5) is 11.4 Å². The Balaban J connectivity index is 1.97. The third-order valence-corrected chi connectivity index (χ3v) is 4.03. The SMILES string of the molecule is CC(=O)Nc1cc(Cl)c(Oc2n[nH]c(=O)c3c2CCCN3)c(Cl)c1. The molecule has 0 aliphatic carbocycles. The van der Waals surface area contributed by atoms with E-state index in [-0.39, 0.29) is 33.1 Å². The molecule has 3 rings (SSSR count). The summed E-state index contributed by atoms with van der Waals surface area (Å²) in [4.78, 5) is 22.9. The van der Waals surface area contributed by atoms with Crippen molar-refractivity contribution in [3.63, 3.8) is 0 Å². The molecule has 0 spiro atoms. The molecule has 1 aromatic carbocycles. The number of anilines is 2. The minimum absolute atomic E-state index is 0.208. The number of carbonyl (C=O) groups excluding carboxylic acids is 1. The van der Waals surface area contributed by atoms with Crippen LogP contribution < -0.4 is 20.9 Å². The molecule has 2 heterocycles. The lowest BCUT2D eigenvalue weighted by Gasteiger charge is -2.19. The van der Waals surface area contributed by atoms with Crippen LogP contribution in [0.15, 0.2) is 16.9 Å². The van der Waals surface area contributed by atoms with Crippen molar-refractivity contribution >= 4 is 40.5 Å². The molecule has 0 atom stereocenters. The summed E-state index contributed by atoms with van der Waals surface area (Å²) in [5.41, 5.74) is 1.30. The van der Waals surface area contributed by atoms with Crippen molar-refractivity contribution in [3.8, 4) is 11.6 Å². The van der Waals surface area contributed by atoms with Crippen molar-refractivity contribution in [2.75, 3.05) is 17.2 Å². The number of hydrogen-bond donors (Lipinski definition) is 3. The predicted octanol–water partition coefficient (Wildman–Crippen LogP) is 3.19. The molecule has 7 nitrogen and oxygen atoms in total. The molecule has 0 unspecified atom stereocenters. The van der Waals surface area contributed by atoms with Gasteiger partial charge in [-0.05, 0) is 25.0 Å². The van der Waals surface area contributed by atoms with Crippen molar-refractivity contribution in [1.29, 1.82) is 0 Å². The lowest BCUT2D eigenvalue weighted by molar-refractivity contribution is -0.114. The van der Waals surface area contributed by atoms with Gasteiger partial charge in [0, 0.05) is 24.7 Å². The summed E-state index contributed by atoms with van der Waals surface area (Å²) in [5, 5.41) is 12.4. The summed E-state index contributed by atoms with van der Waals surface area (Å²) in [6, 6.07) is 3.06. The molecule has 9 heteroatoms. The molecular formula is C15H14Cl2N4O3. The summed E-state index contributed by atoms with van der Waals surface area (Å²) in [5.74, 6) is 0.214. The maximum absolute atomic E-state index is 11.8. The summed E-state index contributed by atoms with van der Waals surface area (Å²) < 4.78 is 5.76. The van der Waals surface area contributed by atoms with Crippen LogP contribution in [-0.2, 0) is 11.2 Å². The Labute approximate surface area is 147 Å². The zero-order valence-corrected chi connectivity index (χ0v) is 14.2. The van der Waals surface area contributed by atoms with E-state index in [4.69, 9.17) is 27.9 Å². The Kier molecular flexibility index (Phi) is 4.64. The number of fused-ring (bicyclic) bond motifs is 1. The first kappa shape index (κ1) is 16.6. The van der Waals surface area contributed by atoms with Crippen molar-refractivity contribution in [3.05, 3.63) is 38.1 Å². The van der Waals surface area contributed by atoms with E-state index < -0.39 is 0 Å². The average Bonchev–Trinajstić information content (AvgIpc) is 2.52. The van der Waals surface area contributed by atoms with Gasteiger partial charge in [0.15, 0.2) is 5.75 Å². The van der Waals surface area contributed by atoms with Gasteiger partial charge in [0.05, 0.1) is 10.0 Å². The number of aromatic nitrogens is 2. The van der Waals surface area contributed by atoms with Crippen molar-refractivity contribution in [1.82, 2.24) is 10.2 Å². The quantitative estimate of drug-likeness (QED) is 0.772. The molecule has 126 valence electrons. The van der Waals surface area contributed by atoms with Crippen LogP contribution >= 0.6 is 23.2 Å². The molecule has 1 aliphatic heterocycles. The highest BCUT2D eigenvalue weighted by Crippen LogP contribution is 2.40. The maximum atomic E-state index is 11.8. The molecule has 1 aliphatic rings. The van der Waals surface area contributed by atoms with Gasteiger partial charge < -0.3 is 15.4 Å². The number of ether oxygens (including phenoxy) is 1. The van der Waals surface area contributed by atoms with Crippen molar-refractivity contribution in [2.24, 2.45) is 0 Å². The third kappa shape index (κ3) is 3.32. The van der Waals surface area contributed by atoms with Gasteiger partial charge >= 0.3 is 0 Å². The molecule has 0 bridgehead atoms. The first-order chi connectivity index (χ1) is 11.5. The van der Waals surface area contributed by atoms with E-state index in [1.807, 2.05) is 0 Å². The van der Waals surface area contributed by atoms with Crippen LogP contribution in [-0.4, -0.2) is 22.6 Å². The van der Waals surface area contributed by atoms with Gasteiger partial charge in [-0.1, -0.05) is 23.2 Å². The second kappa shape index (κ2) is 6.70. The van der Waals surface area contributed by atoms with Crippen molar-refractivity contribution < 1.29 is 9.53 Å². The summed E-state index contributed by atoms with van der Waals surface area (Å²) >= 11 is 12.4. The fourth-order valence-corrected chi connectivity index (χ4v) is 3.04. The normalized spacial score (nSPS) is 13.0. The van der Waals surface area contributed by atoms with E-state index in [0.717, 1.165) is 6.42 Å². The summed E-state index contributed by atoms with van der Waals surface area (Å²) in [6.07, 6.45) is 1.52. The van der Waals surface area contributed by atoms with Crippen LogP contribution in [0.2, 0.25) is 10.0 Å². The lowest BCUT2D eigenvalue weighted by atomic mass is 10.1. The number of aromatic amines is 1. The number of H-pyrrole nitrogens is 1. The zero-order valence-electron chi connectivity index (χ0n) is 12.7. The maximum Gasteiger partial charge on any atom is 0.288 e. The van der Waals surface area contributed by atoms with E-state index in [2.05, 4.69) is 20.8 Å². The second-order valence-corrected chi connectivity index (χ2v) is 6.11. The van der Waals surface area contributed by atoms with E-state index in [0.29, 0.717) is 29.9 Å². The Hall–Kier alpha value is -2.25. The number of hydrogen-bond acceptors (Lipinski definition) is 5. The van der Waals surface area contributed by atoms with E-state index in [9.17, 15) is 9.59 Å². The smallest absolute Gasteiger partial charge is 0.288 e. The summed E-state index contributed by atoms with van der Waals surface area (Å²) in [6.45, 7) is 2.10. The van der Waals surface area contributed by atoms with Gasteiger partial charge in [0.1, 0.15) is 5.69 Å². The van der Waals surface area contributed by atoms with Gasteiger partial charge in [0.25, 0.3) is 5.56 Å². The Morgan fingerprint density at radius 2 is 2.04 bits per heavy atom. The number of halogens is 2. The second-order valence-electron chi connectivity index (χ2n) is 5.29. The molecular weight excluding hydrogens is 355 g/mol. The average molecular weight is 369 g/mol. The number of nitrogens with one attached hydrogen (secondary N) is 3. The third-order valence-electron chi connectivity index (χ3n) is 3.47. The monoisotopic (exact) mass is 368 g/mol. The molecule has 0 saturated heterocycles. The standard InChI is InChI=1S/C15H14Cl2N4O3/c1-7(22)19-8-5-10(16)13(11(17)6-8)24-15-9-3-2-4-18-12(9)14(23)20-21-15/h5-6,18H,2-4H2,1H3,(H,19,22)(H,20,23). The van der Waals surface area contributed by atoms with Crippen LogP contribution in [0.25, 0.3) is 0 Å². The number of nitrogens with zero attached hydrogens (tertiary/aromatic N) is 1. The van der Waals surface area contributed by atoms with Crippen molar-refractivity contribution in [2.45, 2.75) is 19.8 Å². The minimum atomic E-state index is -0.296. The fourth-order valence-electron chi connectivity index (χ4n) is 2.48. The highest BCUT2D eigenvalue weighted by molar-refractivity contribution is 6.37. The fraction of sp³-hybridized carbons (Fsp3) is 0.267.